The van der Waals surface area contributed by atoms with Gasteiger partial charge in [0.15, 0.2) is 0 Å². The van der Waals surface area contributed by atoms with Crippen LogP contribution in [0.1, 0.15) is 31.8 Å². The average molecular weight is 585 g/mol. The van der Waals surface area contributed by atoms with Gasteiger partial charge in [-0.2, -0.15) is 0 Å². The molecule has 0 aliphatic rings. The van der Waals surface area contributed by atoms with E-state index in [4.69, 9.17) is 23.2 Å². The molecular formula is C28H22Cl2CuN2O4. The summed E-state index contributed by atoms with van der Waals surface area (Å²) in [5.74, 6) is -2.42. The Morgan fingerprint density at radius 2 is 0.892 bits per heavy atom. The zero-order valence-electron chi connectivity index (χ0n) is 19.8. The van der Waals surface area contributed by atoms with E-state index in [-0.39, 0.29) is 28.2 Å². The van der Waals surface area contributed by atoms with Crippen LogP contribution in [0.2, 0.25) is 10.0 Å². The van der Waals surface area contributed by atoms with E-state index in [1.54, 1.807) is 60.7 Å². The second kappa shape index (κ2) is 13.7. The van der Waals surface area contributed by atoms with Gasteiger partial charge in [0.2, 0.25) is 0 Å². The Morgan fingerprint density at radius 3 is 1.24 bits per heavy atom. The molecule has 37 heavy (non-hydrogen) atoms. The van der Waals surface area contributed by atoms with Crippen LogP contribution in [-0.4, -0.2) is 11.9 Å². The molecule has 4 aromatic rings. The van der Waals surface area contributed by atoms with Crippen LogP contribution in [0, 0.1) is 13.8 Å². The Bertz CT molecular complexity index is 1310. The van der Waals surface area contributed by atoms with Crippen molar-refractivity contribution in [3.63, 3.8) is 0 Å². The molecule has 0 saturated heterocycles. The third-order valence-electron chi connectivity index (χ3n) is 5.37. The van der Waals surface area contributed by atoms with Gasteiger partial charge in [-0.15, -0.1) is 0 Å². The van der Waals surface area contributed by atoms with Gasteiger partial charge in [-0.3, -0.25) is 0 Å². The summed E-state index contributed by atoms with van der Waals surface area (Å²) in [7, 11) is 0. The van der Waals surface area contributed by atoms with Crippen molar-refractivity contribution in [3.8, 4) is 0 Å². The second-order valence-electron chi connectivity index (χ2n) is 7.74. The topological polar surface area (TPSA) is 104 Å². The van der Waals surface area contributed by atoms with Gasteiger partial charge in [0.25, 0.3) is 0 Å². The molecule has 0 spiro atoms. The van der Waals surface area contributed by atoms with Crippen LogP contribution < -0.4 is 20.8 Å². The van der Waals surface area contributed by atoms with E-state index in [0.717, 1.165) is 22.5 Å². The molecule has 0 unspecified atom stereocenters. The Balaban J connectivity index is 0.000000253. The molecule has 1 radical (unpaired) electrons. The van der Waals surface area contributed by atoms with Gasteiger partial charge in [0, 0.05) is 43.9 Å². The number of carbonyl (C=O) groups excluding carboxylic acids is 2. The number of rotatable bonds is 6. The van der Waals surface area contributed by atoms with Crippen molar-refractivity contribution in [3.05, 3.63) is 117 Å². The molecule has 0 bridgehead atoms. The zero-order valence-corrected chi connectivity index (χ0v) is 22.2. The predicted molar refractivity (Wildman–Crippen MR) is 140 cm³/mol. The number of aromatic carboxylic acids is 2. The number of benzene rings is 4. The number of nitrogens with one attached hydrogen (secondary N) is 2. The number of halogens is 2. The predicted octanol–water partition coefficient (Wildman–Crippen LogP) is 5.51. The summed E-state index contributed by atoms with van der Waals surface area (Å²) in [6.45, 7) is 3.73. The van der Waals surface area contributed by atoms with Gasteiger partial charge in [0.1, 0.15) is 0 Å². The minimum Gasteiger partial charge on any atom is -0.545 e. The maximum Gasteiger partial charge on any atom is 2.00 e. The largest absolute Gasteiger partial charge is 2.00 e. The molecule has 0 saturated carbocycles. The summed E-state index contributed by atoms with van der Waals surface area (Å²) >= 11 is 12.0. The Hall–Kier alpha value is -3.48. The van der Waals surface area contributed by atoms with Gasteiger partial charge in [0.05, 0.1) is 11.9 Å². The van der Waals surface area contributed by atoms with Crippen LogP contribution in [0.4, 0.5) is 22.7 Å². The van der Waals surface area contributed by atoms with Crippen LogP contribution >= 0.6 is 23.2 Å². The Kier molecular flexibility index (Phi) is 11.0. The quantitative estimate of drug-likeness (QED) is 0.290. The average Bonchev–Trinajstić information content (AvgIpc) is 2.86. The minimum atomic E-state index is -1.21. The van der Waals surface area contributed by atoms with Gasteiger partial charge < -0.3 is 30.4 Å². The number of carbonyl (C=O) groups is 2. The summed E-state index contributed by atoms with van der Waals surface area (Å²) in [6, 6.07) is 24.1. The zero-order chi connectivity index (χ0) is 26.2. The maximum atomic E-state index is 11.0. The van der Waals surface area contributed by atoms with Crippen LogP contribution in [0.15, 0.2) is 84.9 Å². The van der Waals surface area contributed by atoms with E-state index in [2.05, 4.69) is 10.6 Å². The number of anilines is 4. The van der Waals surface area contributed by atoms with Gasteiger partial charge >= 0.3 is 17.1 Å². The van der Waals surface area contributed by atoms with E-state index in [1.807, 2.05) is 26.0 Å². The van der Waals surface area contributed by atoms with Crippen LogP contribution in [0.3, 0.4) is 0 Å². The van der Waals surface area contributed by atoms with Crippen molar-refractivity contribution in [1.29, 1.82) is 0 Å². The molecule has 2 N–H and O–H groups in total. The normalized spacial score (nSPS) is 9.84. The number of hydrogen-bond donors (Lipinski definition) is 2. The second-order valence-corrected chi connectivity index (χ2v) is 8.56. The molecule has 0 fully saturated rings. The Labute approximate surface area is 235 Å². The van der Waals surface area contributed by atoms with E-state index < -0.39 is 11.9 Å². The molecule has 0 heterocycles. The van der Waals surface area contributed by atoms with E-state index in [9.17, 15) is 19.8 Å². The first kappa shape index (κ1) is 29.7. The Morgan fingerprint density at radius 1 is 0.568 bits per heavy atom. The molecule has 0 aromatic heterocycles. The fourth-order valence-corrected chi connectivity index (χ4v) is 3.67. The van der Waals surface area contributed by atoms with Crippen molar-refractivity contribution in [2.24, 2.45) is 0 Å². The van der Waals surface area contributed by atoms with Crippen LogP contribution in [0.25, 0.3) is 0 Å². The fourth-order valence-electron chi connectivity index (χ4n) is 3.32. The van der Waals surface area contributed by atoms with E-state index >= 15 is 0 Å². The molecule has 0 atom stereocenters. The van der Waals surface area contributed by atoms with Crippen molar-refractivity contribution in [2.45, 2.75) is 13.8 Å². The van der Waals surface area contributed by atoms with Gasteiger partial charge in [-0.1, -0.05) is 71.7 Å². The van der Waals surface area contributed by atoms with E-state index in [1.165, 1.54) is 12.1 Å². The fraction of sp³-hybridized carbons (Fsp3) is 0.0714. The summed E-state index contributed by atoms with van der Waals surface area (Å²) < 4.78 is 0. The summed E-state index contributed by atoms with van der Waals surface area (Å²) in [5.41, 5.74) is 4.51. The minimum absolute atomic E-state index is 0. The van der Waals surface area contributed by atoms with Gasteiger partial charge in [-0.05, 0) is 61.4 Å². The number of para-hydroxylation sites is 2. The first-order valence-electron chi connectivity index (χ1n) is 10.8. The molecule has 0 aliphatic heterocycles. The molecule has 0 amide bonds. The van der Waals surface area contributed by atoms with Crippen molar-refractivity contribution < 1.29 is 36.9 Å². The summed E-state index contributed by atoms with van der Waals surface area (Å²) in [4.78, 5) is 22.0. The third-order valence-corrected chi connectivity index (χ3v) is 6.19. The van der Waals surface area contributed by atoms with E-state index in [0.29, 0.717) is 21.4 Å². The molecule has 6 nitrogen and oxygen atoms in total. The third kappa shape index (κ3) is 7.75. The molecule has 0 aliphatic carbocycles. The standard InChI is InChI=1S/2C14H12ClNO2.Cu/c2*1-9-11(15)6-4-8-12(9)16-13-7-3-2-5-10(13)14(17)18;/h2*2-8,16H,1H3,(H,17,18);/q;;+2/p-2. The van der Waals surface area contributed by atoms with Gasteiger partial charge in [-0.25, -0.2) is 0 Å². The summed E-state index contributed by atoms with van der Waals surface area (Å²) in [5, 5.41) is 29.3. The number of carboxylic acids is 2. The maximum absolute atomic E-state index is 11.0. The molecule has 9 heteroatoms. The first-order chi connectivity index (χ1) is 17.2. The SMILES string of the molecule is Cc1c(Cl)cccc1Nc1ccccc1C(=O)[O-].Cc1c(Cl)cccc1Nc1ccccc1C(=O)[O-].[Cu+2]. The first-order valence-corrected chi connectivity index (χ1v) is 11.6. The summed E-state index contributed by atoms with van der Waals surface area (Å²) in [6.07, 6.45) is 0. The van der Waals surface area contributed by atoms with Crippen molar-refractivity contribution in [1.82, 2.24) is 0 Å². The number of hydrogen-bond acceptors (Lipinski definition) is 6. The molecular weight excluding hydrogens is 563 g/mol. The molecule has 4 rings (SSSR count). The smallest absolute Gasteiger partial charge is 0.545 e. The van der Waals surface area contributed by atoms with Crippen molar-refractivity contribution in [2.75, 3.05) is 10.6 Å². The van der Waals surface area contributed by atoms with Crippen LogP contribution in [-0.2, 0) is 17.1 Å². The van der Waals surface area contributed by atoms with Crippen molar-refractivity contribution >= 4 is 57.9 Å². The molecule has 193 valence electrons. The number of carboxylic acid groups (broad SMARTS) is 2. The molecule has 4 aromatic carbocycles. The van der Waals surface area contributed by atoms with Crippen LogP contribution in [0.5, 0.6) is 0 Å². The monoisotopic (exact) mass is 583 g/mol.